The number of carbonyl (C=O) groups excluding carboxylic acids is 1. The van der Waals surface area contributed by atoms with Crippen LogP contribution in [0.4, 0.5) is 5.82 Å². The van der Waals surface area contributed by atoms with Crippen LogP contribution in [0.15, 0.2) is 52.2 Å². The SMILES string of the molecule is COc1cccc(-c2c(C(=O)N/N=C(/C)c3ccc(Cl)c(Cl)c3)nnn2-c2nonc2N)c1. The van der Waals surface area contributed by atoms with E-state index in [0.717, 1.165) is 0 Å². The second-order valence-corrected chi connectivity index (χ2v) is 7.48. The molecular formula is C20H16Cl2N8O3. The molecule has 0 aliphatic rings. The average molecular weight is 487 g/mol. The standard InChI is InChI=1S/C20H16Cl2N8O3/c1-10(11-6-7-14(21)15(22)9-11)24-26-20(31)16-17(12-4-3-5-13(8-12)32-2)30(29-25-16)19-18(23)27-33-28-19/h3-9H,1-2H3,(H2,23,27)(H,26,31)/b24-10-. The Labute approximate surface area is 197 Å². The van der Waals surface area contributed by atoms with Crippen molar-refractivity contribution in [1.82, 2.24) is 30.7 Å². The largest absolute Gasteiger partial charge is 0.497 e. The van der Waals surface area contributed by atoms with Gasteiger partial charge in [0, 0.05) is 5.56 Å². The van der Waals surface area contributed by atoms with Crippen molar-refractivity contribution in [3.63, 3.8) is 0 Å². The Morgan fingerprint density at radius 3 is 2.70 bits per heavy atom. The lowest BCUT2D eigenvalue weighted by Crippen LogP contribution is -2.21. The smallest absolute Gasteiger partial charge is 0.294 e. The number of hydrogen-bond donors (Lipinski definition) is 2. The molecule has 0 fully saturated rings. The maximum absolute atomic E-state index is 13.0. The second kappa shape index (κ2) is 9.27. The minimum Gasteiger partial charge on any atom is -0.497 e. The summed E-state index contributed by atoms with van der Waals surface area (Å²) < 4.78 is 11.2. The average Bonchev–Trinajstić information content (AvgIpc) is 3.45. The van der Waals surface area contributed by atoms with Gasteiger partial charge in [0.05, 0.1) is 22.9 Å². The summed E-state index contributed by atoms with van der Waals surface area (Å²) in [6.07, 6.45) is 0. The molecule has 3 N–H and O–H groups in total. The number of hydrogen-bond acceptors (Lipinski definition) is 9. The lowest BCUT2D eigenvalue weighted by molar-refractivity contribution is 0.0950. The third kappa shape index (κ3) is 4.49. The number of halogens is 2. The molecule has 2 aromatic carbocycles. The Hall–Kier alpha value is -3.96. The van der Waals surface area contributed by atoms with Crippen molar-refractivity contribution in [2.75, 3.05) is 12.8 Å². The topological polar surface area (TPSA) is 146 Å². The number of ether oxygens (including phenoxy) is 1. The van der Waals surface area contributed by atoms with E-state index in [0.29, 0.717) is 32.6 Å². The van der Waals surface area contributed by atoms with Gasteiger partial charge >= 0.3 is 0 Å². The fraction of sp³-hybridized carbons (Fsp3) is 0.100. The van der Waals surface area contributed by atoms with Crippen LogP contribution in [0.5, 0.6) is 5.75 Å². The van der Waals surface area contributed by atoms with Crippen LogP contribution >= 0.6 is 23.2 Å². The number of benzene rings is 2. The molecular weight excluding hydrogens is 471 g/mol. The summed E-state index contributed by atoms with van der Waals surface area (Å²) in [7, 11) is 1.53. The molecule has 0 atom stereocenters. The number of nitrogens with one attached hydrogen (secondary N) is 1. The zero-order valence-corrected chi connectivity index (χ0v) is 18.8. The molecule has 168 valence electrons. The fourth-order valence-corrected chi connectivity index (χ4v) is 3.22. The maximum Gasteiger partial charge on any atom is 0.294 e. The van der Waals surface area contributed by atoms with Crippen molar-refractivity contribution >= 4 is 40.6 Å². The van der Waals surface area contributed by atoms with Crippen LogP contribution in [0.2, 0.25) is 10.0 Å². The van der Waals surface area contributed by atoms with E-state index in [9.17, 15) is 4.79 Å². The summed E-state index contributed by atoms with van der Waals surface area (Å²) in [6, 6.07) is 12.0. The van der Waals surface area contributed by atoms with E-state index in [1.165, 1.54) is 11.8 Å². The Morgan fingerprint density at radius 1 is 1.18 bits per heavy atom. The Kier molecular flexibility index (Phi) is 6.24. The van der Waals surface area contributed by atoms with Gasteiger partial charge in [-0.3, -0.25) is 4.79 Å². The van der Waals surface area contributed by atoms with Crippen LogP contribution < -0.4 is 15.9 Å². The van der Waals surface area contributed by atoms with Crippen LogP contribution in [-0.2, 0) is 0 Å². The van der Waals surface area contributed by atoms with Crippen LogP contribution in [0.25, 0.3) is 17.1 Å². The third-order valence-electron chi connectivity index (χ3n) is 4.59. The zero-order valence-electron chi connectivity index (χ0n) is 17.3. The Balaban J connectivity index is 1.72. The van der Waals surface area contributed by atoms with Crippen molar-refractivity contribution in [3.8, 4) is 22.8 Å². The van der Waals surface area contributed by atoms with E-state index >= 15 is 0 Å². The van der Waals surface area contributed by atoms with E-state index in [1.54, 1.807) is 49.4 Å². The zero-order chi connectivity index (χ0) is 23.5. The summed E-state index contributed by atoms with van der Waals surface area (Å²) in [5.41, 5.74) is 10.3. The number of nitrogen functional groups attached to an aromatic ring is 1. The highest BCUT2D eigenvalue weighted by atomic mass is 35.5. The number of hydrazone groups is 1. The van der Waals surface area contributed by atoms with Gasteiger partial charge in [-0.25, -0.2) is 10.1 Å². The highest BCUT2D eigenvalue weighted by molar-refractivity contribution is 6.42. The number of methoxy groups -OCH3 is 1. The van der Waals surface area contributed by atoms with E-state index in [2.05, 4.69) is 35.8 Å². The number of nitrogens with zero attached hydrogens (tertiary/aromatic N) is 6. The lowest BCUT2D eigenvalue weighted by atomic mass is 10.1. The first-order chi connectivity index (χ1) is 15.9. The third-order valence-corrected chi connectivity index (χ3v) is 5.33. The van der Waals surface area contributed by atoms with Gasteiger partial charge in [-0.2, -0.15) is 9.78 Å². The minimum absolute atomic E-state index is 0.0236. The van der Waals surface area contributed by atoms with Gasteiger partial charge in [-0.05, 0) is 47.1 Å². The summed E-state index contributed by atoms with van der Waals surface area (Å²) in [5.74, 6) is -0.000749. The maximum atomic E-state index is 13.0. The van der Waals surface area contributed by atoms with E-state index in [-0.39, 0.29) is 23.0 Å². The molecule has 4 aromatic rings. The number of anilines is 1. The summed E-state index contributed by atoms with van der Waals surface area (Å²) in [6.45, 7) is 1.71. The first-order valence-corrected chi connectivity index (χ1v) is 10.1. The van der Waals surface area contributed by atoms with Crippen LogP contribution in [0.1, 0.15) is 23.0 Å². The molecule has 11 nitrogen and oxygen atoms in total. The van der Waals surface area contributed by atoms with Gasteiger partial charge in [0.25, 0.3) is 5.91 Å². The van der Waals surface area contributed by atoms with Gasteiger partial charge in [-0.1, -0.05) is 46.6 Å². The molecule has 0 bridgehead atoms. The monoisotopic (exact) mass is 486 g/mol. The predicted molar refractivity (Wildman–Crippen MR) is 122 cm³/mol. The molecule has 2 aromatic heterocycles. The Bertz CT molecular complexity index is 1370. The van der Waals surface area contributed by atoms with Gasteiger partial charge in [0.2, 0.25) is 11.6 Å². The molecule has 0 aliphatic carbocycles. The first-order valence-electron chi connectivity index (χ1n) is 9.37. The van der Waals surface area contributed by atoms with E-state index in [1.807, 2.05) is 0 Å². The number of amides is 1. The predicted octanol–water partition coefficient (Wildman–Crippen LogP) is 3.37. The van der Waals surface area contributed by atoms with Crippen molar-refractivity contribution in [3.05, 3.63) is 63.8 Å². The Morgan fingerprint density at radius 2 is 2.00 bits per heavy atom. The van der Waals surface area contributed by atoms with Crippen LogP contribution in [0.3, 0.4) is 0 Å². The van der Waals surface area contributed by atoms with Crippen molar-refractivity contribution in [2.24, 2.45) is 5.10 Å². The van der Waals surface area contributed by atoms with E-state index < -0.39 is 5.91 Å². The van der Waals surface area contributed by atoms with Gasteiger partial charge in [-0.15, -0.1) is 5.10 Å². The van der Waals surface area contributed by atoms with Gasteiger partial charge in [0.15, 0.2) is 5.69 Å². The molecule has 4 rings (SSSR count). The molecule has 0 aliphatic heterocycles. The van der Waals surface area contributed by atoms with Crippen LogP contribution in [-0.4, -0.2) is 44.0 Å². The van der Waals surface area contributed by atoms with Crippen molar-refractivity contribution in [2.45, 2.75) is 6.92 Å². The van der Waals surface area contributed by atoms with E-state index in [4.69, 9.17) is 33.7 Å². The number of aromatic nitrogens is 5. The molecule has 13 heteroatoms. The summed E-state index contributed by atoms with van der Waals surface area (Å²) in [4.78, 5) is 13.0. The van der Waals surface area contributed by atoms with Gasteiger partial charge in [0.1, 0.15) is 11.4 Å². The molecule has 1 amide bonds. The molecule has 33 heavy (non-hydrogen) atoms. The normalized spacial score (nSPS) is 11.5. The molecule has 0 saturated heterocycles. The second-order valence-electron chi connectivity index (χ2n) is 6.67. The highest BCUT2D eigenvalue weighted by Crippen LogP contribution is 2.29. The highest BCUT2D eigenvalue weighted by Gasteiger charge is 2.25. The number of carbonyl (C=O) groups is 1. The summed E-state index contributed by atoms with van der Waals surface area (Å²) >= 11 is 12.0. The number of rotatable bonds is 6. The molecule has 2 heterocycles. The molecule has 0 radical (unpaired) electrons. The minimum atomic E-state index is -0.617. The molecule has 0 saturated carbocycles. The quantitative estimate of drug-likeness (QED) is 0.311. The summed E-state index contributed by atoms with van der Waals surface area (Å²) in [5, 5.41) is 20.3. The van der Waals surface area contributed by atoms with Gasteiger partial charge < -0.3 is 10.5 Å². The molecule has 0 unspecified atom stereocenters. The van der Waals surface area contributed by atoms with Crippen molar-refractivity contribution < 1.29 is 14.2 Å². The fourth-order valence-electron chi connectivity index (χ4n) is 2.92. The lowest BCUT2D eigenvalue weighted by Gasteiger charge is -2.08. The molecule has 0 spiro atoms. The van der Waals surface area contributed by atoms with Crippen LogP contribution in [0, 0.1) is 0 Å². The number of nitrogens with two attached hydrogens (primary N) is 1. The first kappa shape index (κ1) is 22.2. The van der Waals surface area contributed by atoms with Crippen molar-refractivity contribution in [1.29, 1.82) is 0 Å².